The van der Waals surface area contributed by atoms with E-state index in [2.05, 4.69) is 0 Å². The molecule has 0 heterocycles. The fraction of sp³-hybridized carbons (Fsp3) is 0.200. The van der Waals surface area contributed by atoms with Gasteiger partial charge in [-0.25, -0.2) is 4.79 Å². The number of carbonyl (C=O) groups excluding carboxylic acids is 2. The molecular weight excluding hydrogens is 362 g/mol. The van der Waals surface area contributed by atoms with Gasteiger partial charge >= 0.3 is 5.97 Å². The third-order valence-electron chi connectivity index (χ3n) is 4.95. The van der Waals surface area contributed by atoms with Gasteiger partial charge < -0.3 is 4.74 Å². The highest BCUT2D eigenvalue weighted by atomic mass is 16.5. The van der Waals surface area contributed by atoms with Crippen molar-refractivity contribution in [1.29, 1.82) is 0 Å². The van der Waals surface area contributed by atoms with E-state index in [9.17, 15) is 9.59 Å². The number of nitrogens with zero attached hydrogens (tertiary/aromatic N) is 1. The predicted molar refractivity (Wildman–Crippen MR) is 115 cm³/mol. The minimum Gasteiger partial charge on any atom is -0.467 e. The Morgan fingerprint density at radius 2 is 1.38 bits per heavy atom. The third-order valence-corrected chi connectivity index (χ3v) is 4.95. The van der Waals surface area contributed by atoms with Gasteiger partial charge in [0.2, 0.25) is 5.91 Å². The van der Waals surface area contributed by atoms with Gasteiger partial charge in [0, 0.05) is 0 Å². The van der Waals surface area contributed by atoms with Crippen molar-refractivity contribution in [2.75, 3.05) is 12.0 Å². The van der Waals surface area contributed by atoms with E-state index in [0.29, 0.717) is 5.56 Å². The van der Waals surface area contributed by atoms with Gasteiger partial charge in [-0.3, -0.25) is 9.69 Å². The Hall–Kier alpha value is -3.40. The fourth-order valence-electron chi connectivity index (χ4n) is 3.58. The van der Waals surface area contributed by atoms with Crippen LogP contribution in [0.4, 0.5) is 5.69 Å². The van der Waals surface area contributed by atoms with Crippen LogP contribution in [0.1, 0.15) is 28.3 Å². The van der Waals surface area contributed by atoms with Crippen LogP contribution in [0.3, 0.4) is 0 Å². The molecule has 1 amide bonds. The van der Waals surface area contributed by atoms with Crippen molar-refractivity contribution in [3.05, 3.63) is 101 Å². The summed E-state index contributed by atoms with van der Waals surface area (Å²) >= 11 is 0. The van der Waals surface area contributed by atoms with Crippen molar-refractivity contribution in [2.24, 2.45) is 0 Å². The minimum atomic E-state index is -0.864. The SMILES string of the molecule is COC(=O)C(c1ccccc1)N(C(=O)Cc1ccccc1)c1c(C)cccc1C. The van der Waals surface area contributed by atoms with E-state index in [1.54, 1.807) is 4.90 Å². The summed E-state index contributed by atoms with van der Waals surface area (Å²) in [6.45, 7) is 3.90. The first-order valence-corrected chi connectivity index (χ1v) is 9.58. The highest BCUT2D eigenvalue weighted by Crippen LogP contribution is 2.34. The van der Waals surface area contributed by atoms with E-state index in [-0.39, 0.29) is 12.3 Å². The number of esters is 1. The van der Waals surface area contributed by atoms with Crippen LogP contribution in [0, 0.1) is 13.8 Å². The van der Waals surface area contributed by atoms with Crippen LogP contribution in [0.5, 0.6) is 0 Å². The number of rotatable bonds is 6. The molecule has 4 nitrogen and oxygen atoms in total. The number of carbonyl (C=O) groups is 2. The summed E-state index contributed by atoms with van der Waals surface area (Å²) in [6, 6.07) is 23.8. The Bertz CT molecular complexity index is 963. The molecule has 0 aromatic heterocycles. The van der Waals surface area contributed by atoms with Crippen molar-refractivity contribution >= 4 is 17.6 Å². The van der Waals surface area contributed by atoms with Gasteiger partial charge in [0.25, 0.3) is 0 Å². The molecule has 3 rings (SSSR count). The lowest BCUT2D eigenvalue weighted by molar-refractivity contribution is -0.143. The molecule has 29 heavy (non-hydrogen) atoms. The zero-order valence-electron chi connectivity index (χ0n) is 17.0. The van der Waals surface area contributed by atoms with Crippen LogP contribution in [0.15, 0.2) is 78.9 Å². The second-order valence-electron chi connectivity index (χ2n) is 7.00. The topological polar surface area (TPSA) is 46.6 Å². The number of hydrogen-bond donors (Lipinski definition) is 0. The Morgan fingerprint density at radius 3 is 1.93 bits per heavy atom. The lowest BCUT2D eigenvalue weighted by Crippen LogP contribution is -2.41. The van der Waals surface area contributed by atoms with Crippen molar-refractivity contribution in [2.45, 2.75) is 26.3 Å². The summed E-state index contributed by atoms with van der Waals surface area (Å²) in [7, 11) is 1.35. The molecule has 3 aromatic carbocycles. The maximum absolute atomic E-state index is 13.6. The monoisotopic (exact) mass is 387 g/mol. The second-order valence-corrected chi connectivity index (χ2v) is 7.00. The number of aryl methyl sites for hydroxylation is 2. The third kappa shape index (κ3) is 4.54. The minimum absolute atomic E-state index is 0.159. The number of anilines is 1. The van der Waals surface area contributed by atoms with Crippen LogP contribution in [-0.4, -0.2) is 19.0 Å². The van der Waals surface area contributed by atoms with Crippen LogP contribution < -0.4 is 4.90 Å². The van der Waals surface area contributed by atoms with E-state index in [4.69, 9.17) is 4.74 Å². The molecule has 0 saturated carbocycles. The maximum atomic E-state index is 13.6. The van der Waals surface area contributed by atoms with Crippen LogP contribution in [0.2, 0.25) is 0 Å². The highest BCUT2D eigenvalue weighted by molar-refractivity contribution is 6.02. The lowest BCUT2D eigenvalue weighted by atomic mass is 9.99. The highest BCUT2D eigenvalue weighted by Gasteiger charge is 2.34. The first-order valence-electron chi connectivity index (χ1n) is 9.58. The average molecular weight is 387 g/mol. The van der Waals surface area contributed by atoms with Crippen molar-refractivity contribution in [1.82, 2.24) is 0 Å². The number of benzene rings is 3. The van der Waals surface area contributed by atoms with Gasteiger partial charge in [0.1, 0.15) is 0 Å². The van der Waals surface area contributed by atoms with Crippen molar-refractivity contribution in [3.8, 4) is 0 Å². The lowest BCUT2D eigenvalue weighted by Gasteiger charge is -2.33. The molecule has 0 bridgehead atoms. The van der Waals surface area contributed by atoms with Crippen molar-refractivity contribution in [3.63, 3.8) is 0 Å². The Morgan fingerprint density at radius 1 is 0.828 bits per heavy atom. The second kappa shape index (κ2) is 9.20. The molecule has 0 aliphatic carbocycles. The van der Waals surface area contributed by atoms with E-state index < -0.39 is 12.0 Å². The van der Waals surface area contributed by atoms with E-state index in [1.807, 2.05) is 92.7 Å². The summed E-state index contributed by atoms with van der Waals surface area (Å²) in [6.07, 6.45) is 0.189. The van der Waals surface area contributed by atoms with Crippen molar-refractivity contribution < 1.29 is 14.3 Å². The molecule has 0 N–H and O–H groups in total. The van der Waals surface area contributed by atoms with Gasteiger partial charge in [-0.1, -0.05) is 78.9 Å². The first-order chi connectivity index (χ1) is 14.0. The summed E-state index contributed by atoms with van der Waals surface area (Å²) in [4.78, 5) is 28.1. The number of amides is 1. The number of methoxy groups -OCH3 is 1. The fourth-order valence-corrected chi connectivity index (χ4v) is 3.58. The normalized spacial score (nSPS) is 11.6. The van der Waals surface area contributed by atoms with Gasteiger partial charge in [0.05, 0.1) is 19.2 Å². The predicted octanol–water partition coefficient (Wildman–Crippen LogP) is 4.79. The molecule has 0 aliphatic rings. The van der Waals surface area contributed by atoms with Gasteiger partial charge in [-0.15, -0.1) is 0 Å². The first kappa shape index (κ1) is 20.3. The maximum Gasteiger partial charge on any atom is 0.333 e. The summed E-state index contributed by atoms with van der Waals surface area (Å²) in [5.74, 6) is -0.631. The largest absolute Gasteiger partial charge is 0.467 e. The van der Waals surface area contributed by atoms with Crippen LogP contribution >= 0.6 is 0 Å². The number of ether oxygens (including phenoxy) is 1. The molecule has 0 spiro atoms. The molecule has 0 aliphatic heterocycles. The quantitative estimate of drug-likeness (QED) is 0.571. The molecule has 0 saturated heterocycles. The number of para-hydroxylation sites is 1. The Kier molecular flexibility index (Phi) is 6.45. The standard InChI is InChI=1S/C25H25NO3/c1-18-11-10-12-19(2)23(18)26(22(27)17-20-13-6-4-7-14-20)24(25(28)29-3)21-15-8-5-9-16-21/h4-16,24H,17H2,1-3H3. The van der Waals surface area contributed by atoms with Gasteiger partial charge in [-0.2, -0.15) is 0 Å². The van der Waals surface area contributed by atoms with Crippen LogP contribution in [0.25, 0.3) is 0 Å². The zero-order valence-corrected chi connectivity index (χ0v) is 17.0. The van der Waals surface area contributed by atoms with Gasteiger partial charge in [0.15, 0.2) is 6.04 Å². The molecule has 148 valence electrons. The molecule has 3 aromatic rings. The van der Waals surface area contributed by atoms with Gasteiger partial charge in [-0.05, 0) is 36.1 Å². The Balaban J connectivity index is 2.15. The summed E-state index contributed by atoms with van der Waals surface area (Å²) in [5.41, 5.74) is 4.20. The van der Waals surface area contributed by atoms with E-state index in [0.717, 1.165) is 22.4 Å². The molecule has 1 unspecified atom stereocenters. The molecule has 1 atom stereocenters. The smallest absolute Gasteiger partial charge is 0.333 e. The van der Waals surface area contributed by atoms with E-state index in [1.165, 1.54) is 7.11 Å². The zero-order chi connectivity index (χ0) is 20.8. The average Bonchev–Trinajstić information content (AvgIpc) is 2.74. The molecule has 4 heteroatoms. The van der Waals surface area contributed by atoms with E-state index >= 15 is 0 Å². The Labute approximate surface area is 171 Å². The van der Waals surface area contributed by atoms with Crippen LogP contribution in [-0.2, 0) is 20.7 Å². The molecular formula is C25H25NO3. The molecule has 0 radical (unpaired) electrons. The summed E-state index contributed by atoms with van der Waals surface area (Å²) < 4.78 is 5.12. The number of hydrogen-bond acceptors (Lipinski definition) is 3. The summed E-state index contributed by atoms with van der Waals surface area (Å²) in [5, 5.41) is 0. The molecule has 0 fully saturated rings.